The van der Waals surface area contributed by atoms with Gasteiger partial charge in [0.05, 0.1) is 10.2 Å². The summed E-state index contributed by atoms with van der Waals surface area (Å²) in [6.07, 6.45) is 0. The van der Waals surface area contributed by atoms with E-state index in [2.05, 4.69) is 42.8 Å². The normalized spacial score (nSPS) is 11.3. The molecule has 0 spiro atoms. The van der Waals surface area contributed by atoms with Gasteiger partial charge in [-0.25, -0.2) is 0 Å². The number of nitrogen functional groups attached to an aromatic ring is 1. The largest absolute Gasteiger partial charge is 0.490 e. The number of ether oxygens (including phenoxy) is 2. The summed E-state index contributed by atoms with van der Waals surface area (Å²) in [7, 11) is 0. The molecule has 2 aromatic rings. The van der Waals surface area contributed by atoms with E-state index in [9.17, 15) is 0 Å². The van der Waals surface area contributed by atoms with E-state index in [0.717, 1.165) is 10.2 Å². The van der Waals surface area contributed by atoms with Crippen molar-refractivity contribution in [2.24, 2.45) is 0 Å². The molecule has 0 saturated carbocycles. The molecule has 0 unspecified atom stereocenters. The van der Waals surface area contributed by atoms with Gasteiger partial charge in [0.2, 0.25) is 0 Å². The highest BCUT2D eigenvalue weighted by Gasteiger charge is 2.17. The Morgan fingerprint density at radius 3 is 2.23 bits per heavy atom. The van der Waals surface area contributed by atoms with Gasteiger partial charge in [0.15, 0.2) is 5.75 Å². The Kier molecular flexibility index (Phi) is 5.35. The Morgan fingerprint density at radius 1 is 1.00 bits per heavy atom. The van der Waals surface area contributed by atoms with Crippen molar-refractivity contribution in [1.29, 1.82) is 0 Å². The molecule has 0 aliphatic carbocycles. The number of hydrogen-bond donors (Lipinski definition) is 1. The van der Waals surface area contributed by atoms with Crippen LogP contribution in [0.25, 0.3) is 0 Å². The third-order valence-electron chi connectivity index (χ3n) is 3.28. The van der Waals surface area contributed by atoms with Gasteiger partial charge >= 0.3 is 0 Å². The van der Waals surface area contributed by atoms with Crippen LogP contribution in [-0.2, 0) is 5.41 Å². The van der Waals surface area contributed by atoms with Gasteiger partial charge in [-0.3, -0.25) is 0 Å². The van der Waals surface area contributed by atoms with Crippen LogP contribution in [0.5, 0.6) is 11.5 Å². The van der Waals surface area contributed by atoms with Crippen molar-refractivity contribution < 1.29 is 9.47 Å². The zero-order valence-corrected chi connectivity index (χ0v) is 14.8. The summed E-state index contributed by atoms with van der Waals surface area (Å²) in [6.45, 7) is 7.37. The van der Waals surface area contributed by atoms with Gasteiger partial charge in [0, 0.05) is 0 Å². The molecule has 22 heavy (non-hydrogen) atoms. The lowest BCUT2D eigenvalue weighted by molar-refractivity contribution is 0.217. The Morgan fingerprint density at radius 2 is 1.64 bits per heavy atom. The van der Waals surface area contributed by atoms with Crippen LogP contribution in [0.15, 0.2) is 46.9 Å². The maximum atomic E-state index is 6.12. The van der Waals surface area contributed by atoms with E-state index in [-0.39, 0.29) is 5.41 Å². The maximum Gasteiger partial charge on any atom is 0.156 e. The fraction of sp³-hybridized carbons (Fsp3) is 0.333. The molecular formula is C18H22BrNO2. The highest BCUT2D eigenvalue weighted by atomic mass is 79.9. The summed E-state index contributed by atoms with van der Waals surface area (Å²) in [5.41, 5.74) is 7.97. The third-order valence-corrected chi connectivity index (χ3v) is 3.87. The molecule has 2 rings (SSSR count). The number of para-hydroxylation sites is 1. The molecule has 0 atom stereocenters. The summed E-state index contributed by atoms with van der Waals surface area (Å²) in [6, 6.07) is 13.7. The number of anilines is 1. The zero-order valence-electron chi connectivity index (χ0n) is 13.2. The smallest absolute Gasteiger partial charge is 0.156 e. The minimum atomic E-state index is 0.0472. The molecular weight excluding hydrogens is 342 g/mol. The number of hydrogen-bond acceptors (Lipinski definition) is 3. The molecule has 0 bridgehead atoms. The first-order valence-electron chi connectivity index (χ1n) is 7.28. The lowest BCUT2D eigenvalue weighted by Gasteiger charge is -2.21. The highest BCUT2D eigenvalue weighted by Crippen LogP contribution is 2.36. The van der Waals surface area contributed by atoms with Crippen molar-refractivity contribution in [2.75, 3.05) is 18.9 Å². The van der Waals surface area contributed by atoms with Crippen LogP contribution in [0.3, 0.4) is 0 Å². The topological polar surface area (TPSA) is 44.5 Å². The van der Waals surface area contributed by atoms with Crippen LogP contribution in [0.2, 0.25) is 0 Å². The molecule has 0 fully saturated rings. The molecule has 0 aliphatic rings. The fourth-order valence-corrected chi connectivity index (χ4v) is 2.61. The van der Waals surface area contributed by atoms with Crippen LogP contribution >= 0.6 is 15.9 Å². The molecule has 0 aromatic heterocycles. The predicted octanol–water partition coefficient (Wildman–Crippen LogP) is 4.79. The van der Waals surface area contributed by atoms with Gasteiger partial charge in [-0.05, 0) is 51.2 Å². The molecule has 4 heteroatoms. The number of nitrogens with two attached hydrogens (primary N) is 1. The molecule has 118 valence electrons. The highest BCUT2D eigenvalue weighted by molar-refractivity contribution is 9.10. The first-order chi connectivity index (χ1) is 10.4. The molecule has 0 saturated heterocycles. The van der Waals surface area contributed by atoms with Crippen LogP contribution in [0.1, 0.15) is 26.3 Å². The first-order valence-corrected chi connectivity index (χ1v) is 8.07. The quantitative estimate of drug-likeness (QED) is 0.613. The fourth-order valence-electron chi connectivity index (χ4n) is 2.02. The molecule has 3 nitrogen and oxygen atoms in total. The SMILES string of the molecule is CC(C)(C)c1cc(N)c(OCCOc2ccccc2)c(Br)c1. The molecule has 0 radical (unpaired) electrons. The van der Waals surface area contributed by atoms with Gasteiger partial charge in [0.1, 0.15) is 19.0 Å². The first kappa shape index (κ1) is 16.7. The van der Waals surface area contributed by atoms with Gasteiger partial charge in [-0.1, -0.05) is 39.0 Å². The van der Waals surface area contributed by atoms with Gasteiger partial charge in [-0.15, -0.1) is 0 Å². The van der Waals surface area contributed by atoms with Crippen molar-refractivity contribution in [3.63, 3.8) is 0 Å². The number of rotatable bonds is 5. The Labute approximate surface area is 140 Å². The van der Waals surface area contributed by atoms with Crippen molar-refractivity contribution in [2.45, 2.75) is 26.2 Å². The second-order valence-electron chi connectivity index (χ2n) is 6.14. The monoisotopic (exact) mass is 363 g/mol. The second-order valence-corrected chi connectivity index (χ2v) is 6.99. The molecule has 0 amide bonds. The summed E-state index contributed by atoms with van der Waals surface area (Å²) in [5.74, 6) is 1.51. The Bertz CT molecular complexity index is 598. The maximum absolute atomic E-state index is 6.12. The van der Waals surface area contributed by atoms with E-state index in [1.165, 1.54) is 5.56 Å². The summed E-state index contributed by atoms with van der Waals surface area (Å²) in [4.78, 5) is 0. The molecule has 2 N–H and O–H groups in total. The molecule has 0 heterocycles. The van der Waals surface area contributed by atoms with Gasteiger partial charge < -0.3 is 15.2 Å². The minimum absolute atomic E-state index is 0.0472. The van der Waals surface area contributed by atoms with E-state index in [1.54, 1.807) is 0 Å². The number of benzene rings is 2. The summed E-state index contributed by atoms with van der Waals surface area (Å²) < 4.78 is 12.2. The van der Waals surface area contributed by atoms with Crippen LogP contribution < -0.4 is 15.2 Å². The van der Waals surface area contributed by atoms with Crippen LogP contribution in [0, 0.1) is 0 Å². The van der Waals surface area contributed by atoms with Crippen molar-refractivity contribution in [1.82, 2.24) is 0 Å². The molecule has 2 aromatic carbocycles. The number of halogens is 1. The predicted molar refractivity (Wildman–Crippen MR) is 94.7 cm³/mol. The zero-order chi connectivity index (χ0) is 16.2. The van der Waals surface area contributed by atoms with E-state index < -0.39 is 0 Å². The van der Waals surface area contributed by atoms with Crippen molar-refractivity contribution in [3.8, 4) is 11.5 Å². The molecule has 0 aliphatic heterocycles. The van der Waals surface area contributed by atoms with Gasteiger partial charge in [-0.2, -0.15) is 0 Å². The van der Waals surface area contributed by atoms with E-state index in [4.69, 9.17) is 15.2 Å². The second kappa shape index (κ2) is 7.05. The van der Waals surface area contributed by atoms with Crippen LogP contribution in [0.4, 0.5) is 5.69 Å². The summed E-state index contributed by atoms with van der Waals surface area (Å²) >= 11 is 3.54. The average Bonchev–Trinajstić information content (AvgIpc) is 2.45. The van der Waals surface area contributed by atoms with E-state index in [1.807, 2.05) is 36.4 Å². The van der Waals surface area contributed by atoms with E-state index in [0.29, 0.717) is 24.7 Å². The van der Waals surface area contributed by atoms with Crippen LogP contribution in [-0.4, -0.2) is 13.2 Å². The van der Waals surface area contributed by atoms with Crippen molar-refractivity contribution in [3.05, 3.63) is 52.5 Å². The lowest BCUT2D eigenvalue weighted by Crippen LogP contribution is -2.13. The lowest BCUT2D eigenvalue weighted by atomic mass is 9.87. The Balaban J connectivity index is 1.96. The Hall–Kier alpha value is -1.68. The third kappa shape index (κ3) is 4.41. The van der Waals surface area contributed by atoms with Crippen molar-refractivity contribution >= 4 is 21.6 Å². The standard InChI is InChI=1S/C18H22BrNO2/c1-18(2,3)13-11-15(19)17(16(20)12-13)22-10-9-21-14-7-5-4-6-8-14/h4-8,11-12H,9-10,20H2,1-3H3. The van der Waals surface area contributed by atoms with E-state index >= 15 is 0 Å². The summed E-state index contributed by atoms with van der Waals surface area (Å²) in [5, 5.41) is 0. The van der Waals surface area contributed by atoms with Gasteiger partial charge in [0.25, 0.3) is 0 Å². The average molecular weight is 364 g/mol. The minimum Gasteiger partial charge on any atom is -0.490 e.